The third-order valence-electron chi connectivity index (χ3n) is 3.32. The number of hydrogen-bond donors (Lipinski definition) is 0. The molecule has 0 aliphatic heterocycles. The van der Waals surface area contributed by atoms with Crippen LogP contribution in [-0.4, -0.2) is 20.8 Å². The van der Waals surface area contributed by atoms with Crippen LogP contribution in [0.3, 0.4) is 0 Å². The molecule has 0 amide bonds. The van der Waals surface area contributed by atoms with E-state index in [0.717, 1.165) is 16.6 Å². The summed E-state index contributed by atoms with van der Waals surface area (Å²) < 4.78 is 28.7. The van der Waals surface area contributed by atoms with Crippen LogP contribution in [0.15, 0.2) is 22.7 Å². The fraction of sp³-hybridized carbons (Fsp3) is 0.600. The lowest BCUT2D eigenvalue weighted by atomic mass is 10.0. The van der Waals surface area contributed by atoms with Gasteiger partial charge in [0.05, 0.1) is 12.4 Å². The first-order chi connectivity index (χ1) is 9.69. The first-order valence-corrected chi connectivity index (χ1v) is 10.3. The molecule has 3 nitrogen and oxygen atoms in total. The number of benzene rings is 1. The van der Waals surface area contributed by atoms with Crippen molar-refractivity contribution in [3.8, 4) is 5.75 Å². The van der Waals surface area contributed by atoms with Gasteiger partial charge in [0.2, 0.25) is 9.05 Å². The Bertz CT molecular complexity index is 558. The Kier molecular flexibility index (Phi) is 7.51. The summed E-state index contributed by atoms with van der Waals surface area (Å²) in [4.78, 5) is 0. The second-order valence-electron chi connectivity index (χ2n) is 5.61. The van der Waals surface area contributed by atoms with Crippen LogP contribution in [-0.2, 0) is 9.05 Å². The molecule has 0 saturated heterocycles. The molecule has 0 radical (unpaired) electrons. The average molecular weight is 398 g/mol. The van der Waals surface area contributed by atoms with Crippen LogP contribution < -0.4 is 4.74 Å². The van der Waals surface area contributed by atoms with Gasteiger partial charge in [-0.1, -0.05) is 36.7 Å². The normalized spacial score (nSPS) is 13.4. The molecule has 1 atom stereocenters. The number of halogens is 2. The third kappa shape index (κ3) is 7.52. The topological polar surface area (TPSA) is 43.4 Å². The van der Waals surface area contributed by atoms with Gasteiger partial charge >= 0.3 is 0 Å². The Morgan fingerprint density at radius 2 is 1.90 bits per heavy atom. The molecule has 0 spiro atoms. The van der Waals surface area contributed by atoms with Crippen LogP contribution in [0.25, 0.3) is 0 Å². The van der Waals surface area contributed by atoms with E-state index in [2.05, 4.69) is 35.8 Å². The highest BCUT2D eigenvalue weighted by Gasteiger charge is 2.12. The van der Waals surface area contributed by atoms with E-state index in [0.29, 0.717) is 18.9 Å². The zero-order valence-electron chi connectivity index (χ0n) is 12.6. The van der Waals surface area contributed by atoms with Crippen molar-refractivity contribution in [2.45, 2.75) is 39.5 Å². The molecule has 1 aromatic carbocycles. The lowest BCUT2D eigenvalue weighted by molar-refractivity contribution is 0.278. The molecular formula is C15H22BrClO3S. The Balaban J connectivity index is 2.49. The summed E-state index contributed by atoms with van der Waals surface area (Å²) in [5.74, 6) is 1.56. The Hall–Kier alpha value is -0.260. The highest BCUT2D eigenvalue weighted by atomic mass is 79.9. The monoisotopic (exact) mass is 396 g/mol. The fourth-order valence-electron chi connectivity index (χ4n) is 1.96. The summed E-state index contributed by atoms with van der Waals surface area (Å²) in [6.45, 7) is 6.84. The zero-order valence-corrected chi connectivity index (χ0v) is 15.8. The van der Waals surface area contributed by atoms with Crippen LogP contribution in [0, 0.1) is 5.92 Å². The minimum Gasteiger partial charge on any atom is -0.493 e. The molecule has 120 valence electrons. The van der Waals surface area contributed by atoms with Crippen molar-refractivity contribution >= 4 is 35.7 Å². The molecule has 0 N–H and O–H groups in total. The summed E-state index contributed by atoms with van der Waals surface area (Å²) in [5, 5.41) is 0. The third-order valence-corrected chi connectivity index (χ3v) is 5.00. The van der Waals surface area contributed by atoms with E-state index in [1.54, 1.807) is 0 Å². The standard InChI is InChI=1S/C15H22BrClO3S/c1-11(2)14-10-13(16)4-5-15(14)20-8-6-12(3)7-9-21(17,18)19/h4-5,10-12H,6-9H2,1-3H3. The molecule has 21 heavy (non-hydrogen) atoms. The summed E-state index contributed by atoms with van der Waals surface area (Å²) >= 11 is 3.47. The lowest BCUT2D eigenvalue weighted by Gasteiger charge is -2.16. The number of hydrogen-bond acceptors (Lipinski definition) is 3. The Labute approximate surface area is 140 Å². The van der Waals surface area contributed by atoms with E-state index in [-0.39, 0.29) is 11.7 Å². The van der Waals surface area contributed by atoms with Crippen molar-refractivity contribution in [1.29, 1.82) is 0 Å². The molecule has 0 heterocycles. The second kappa shape index (κ2) is 8.39. The van der Waals surface area contributed by atoms with E-state index in [1.807, 2.05) is 19.1 Å². The van der Waals surface area contributed by atoms with Crippen molar-refractivity contribution in [3.05, 3.63) is 28.2 Å². The number of rotatable bonds is 8. The molecule has 1 aromatic rings. The van der Waals surface area contributed by atoms with Crippen molar-refractivity contribution in [1.82, 2.24) is 0 Å². The van der Waals surface area contributed by atoms with Crippen LogP contribution in [0.5, 0.6) is 5.75 Å². The molecule has 1 unspecified atom stereocenters. The van der Waals surface area contributed by atoms with Crippen LogP contribution >= 0.6 is 26.6 Å². The minimum absolute atomic E-state index is 0.0191. The van der Waals surface area contributed by atoms with Gasteiger partial charge in [-0.25, -0.2) is 8.42 Å². The predicted octanol–water partition coefficient (Wildman–Crippen LogP) is 4.94. The first-order valence-electron chi connectivity index (χ1n) is 7.03. The van der Waals surface area contributed by atoms with E-state index in [1.165, 1.54) is 5.56 Å². The van der Waals surface area contributed by atoms with Gasteiger partial charge in [-0.15, -0.1) is 0 Å². The molecule has 0 saturated carbocycles. The SMILES string of the molecule is CC(CCOc1ccc(Br)cc1C(C)C)CCS(=O)(=O)Cl. The van der Waals surface area contributed by atoms with Crippen molar-refractivity contribution in [2.24, 2.45) is 5.92 Å². The van der Waals surface area contributed by atoms with Crippen LogP contribution in [0.4, 0.5) is 0 Å². The maximum atomic E-state index is 10.9. The Morgan fingerprint density at radius 3 is 2.48 bits per heavy atom. The van der Waals surface area contributed by atoms with Gasteiger partial charge in [-0.3, -0.25) is 0 Å². The summed E-state index contributed by atoms with van der Waals surface area (Å²) in [5.41, 5.74) is 1.17. The van der Waals surface area contributed by atoms with E-state index < -0.39 is 9.05 Å². The molecule has 0 aliphatic rings. The summed E-state index contributed by atoms with van der Waals surface area (Å²) in [6, 6.07) is 6.00. The molecule has 6 heteroatoms. The Morgan fingerprint density at radius 1 is 1.24 bits per heavy atom. The largest absolute Gasteiger partial charge is 0.493 e. The molecule has 0 aliphatic carbocycles. The molecule has 0 aromatic heterocycles. The summed E-state index contributed by atoms with van der Waals surface area (Å²) in [7, 11) is 1.82. The van der Waals surface area contributed by atoms with Gasteiger partial charge in [0, 0.05) is 15.2 Å². The first kappa shape index (κ1) is 18.8. The van der Waals surface area contributed by atoms with Gasteiger partial charge in [0.15, 0.2) is 0 Å². The maximum absolute atomic E-state index is 10.9. The molecule has 1 rings (SSSR count). The van der Waals surface area contributed by atoms with Gasteiger partial charge in [0.1, 0.15) is 5.75 Å². The average Bonchev–Trinajstić information content (AvgIpc) is 2.37. The van der Waals surface area contributed by atoms with E-state index in [4.69, 9.17) is 15.4 Å². The van der Waals surface area contributed by atoms with Crippen molar-refractivity contribution in [3.63, 3.8) is 0 Å². The van der Waals surface area contributed by atoms with Gasteiger partial charge < -0.3 is 4.74 Å². The van der Waals surface area contributed by atoms with Gasteiger partial charge in [0.25, 0.3) is 0 Å². The van der Waals surface area contributed by atoms with Crippen LogP contribution in [0.1, 0.15) is 45.1 Å². The van der Waals surface area contributed by atoms with Gasteiger partial charge in [-0.05, 0) is 48.4 Å². The quantitative estimate of drug-likeness (QED) is 0.584. The molecule has 0 fully saturated rings. The lowest BCUT2D eigenvalue weighted by Crippen LogP contribution is -2.09. The molecule has 0 bridgehead atoms. The van der Waals surface area contributed by atoms with Gasteiger partial charge in [-0.2, -0.15) is 0 Å². The maximum Gasteiger partial charge on any atom is 0.232 e. The van der Waals surface area contributed by atoms with E-state index >= 15 is 0 Å². The fourth-order valence-corrected chi connectivity index (χ4v) is 3.29. The smallest absolute Gasteiger partial charge is 0.232 e. The van der Waals surface area contributed by atoms with Crippen LogP contribution in [0.2, 0.25) is 0 Å². The molecular weight excluding hydrogens is 376 g/mol. The van der Waals surface area contributed by atoms with Crippen molar-refractivity contribution in [2.75, 3.05) is 12.4 Å². The summed E-state index contributed by atoms with van der Waals surface area (Å²) in [6.07, 6.45) is 1.37. The predicted molar refractivity (Wildman–Crippen MR) is 91.8 cm³/mol. The second-order valence-corrected chi connectivity index (χ2v) is 9.42. The zero-order chi connectivity index (χ0) is 16.0. The highest BCUT2D eigenvalue weighted by Crippen LogP contribution is 2.29. The number of ether oxygens (including phenoxy) is 1. The van der Waals surface area contributed by atoms with E-state index in [9.17, 15) is 8.42 Å². The highest BCUT2D eigenvalue weighted by molar-refractivity contribution is 9.10. The van der Waals surface area contributed by atoms with Crippen molar-refractivity contribution < 1.29 is 13.2 Å². The minimum atomic E-state index is -3.39.